The summed E-state index contributed by atoms with van der Waals surface area (Å²) < 4.78 is 31.2. The van der Waals surface area contributed by atoms with Gasteiger partial charge in [0.2, 0.25) is 0 Å². The third-order valence-electron chi connectivity index (χ3n) is 15.1. The molecule has 1 saturated heterocycles. The zero-order valence-corrected chi connectivity index (χ0v) is 37.6. The van der Waals surface area contributed by atoms with Gasteiger partial charge in [0.1, 0.15) is 23.9 Å². The number of Topliss-reactive ketones (excluding diaryl/α,β-unsaturated/α-hetero) is 1. The molecule has 8 rings (SSSR count). The predicted octanol–water partition coefficient (Wildman–Crippen LogP) is 4.91. The number of hydrogen-bond acceptors (Lipinski definition) is 14. The molecular weight excluding hydrogens is 851 g/mol. The first kappa shape index (κ1) is 46.8. The zero-order chi connectivity index (χ0) is 47.3. The highest BCUT2D eigenvalue weighted by Gasteiger charge is 2.78. The summed E-state index contributed by atoms with van der Waals surface area (Å²) in [6.45, 7) is 6.98. The number of benzene rings is 3. The molecule has 3 aromatic carbocycles. The van der Waals surface area contributed by atoms with Crippen molar-refractivity contribution in [1.29, 1.82) is 0 Å². The van der Waals surface area contributed by atoms with Gasteiger partial charge in [-0.2, -0.15) is 0 Å². The first-order valence-corrected chi connectivity index (χ1v) is 22.6. The van der Waals surface area contributed by atoms with Crippen LogP contribution >= 0.6 is 0 Å². The van der Waals surface area contributed by atoms with E-state index in [9.17, 15) is 39.3 Å². The Labute approximate surface area is 382 Å². The maximum Gasteiger partial charge on any atom is 0.338 e. The number of aliphatic hydroxyl groups excluding tert-OH is 2. The number of amides is 1. The first-order valence-electron chi connectivity index (χ1n) is 22.6. The number of nitrogens with one attached hydrogen (secondary N) is 1. The van der Waals surface area contributed by atoms with Crippen LogP contribution in [0.25, 0.3) is 0 Å². The fraction of sp³-hybridized carbons (Fsp3) is 0.490. The zero-order valence-electron chi connectivity index (χ0n) is 37.6. The number of ether oxygens (including phenoxy) is 5. The summed E-state index contributed by atoms with van der Waals surface area (Å²) in [5, 5.41) is 40.8. The van der Waals surface area contributed by atoms with E-state index in [1.54, 1.807) is 99.6 Å². The molecule has 4 fully saturated rings. The molecule has 2 bridgehead atoms. The van der Waals surface area contributed by atoms with Crippen molar-refractivity contribution in [2.45, 2.75) is 127 Å². The van der Waals surface area contributed by atoms with Crippen LogP contribution in [-0.2, 0) is 42.9 Å². The normalized spacial score (nSPS) is 32.2. The first-order chi connectivity index (χ1) is 31.3. The Morgan fingerprint density at radius 1 is 0.833 bits per heavy atom. The molecule has 350 valence electrons. The van der Waals surface area contributed by atoms with Gasteiger partial charge in [0.15, 0.2) is 23.6 Å². The fourth-order valence-corrected chi connectivity index (χ4v) is 11.3. The molecule has 0 radical (unpaired) electrons. The summed E-state index contributed by atoms with van der Waals surface area (Å²) in [4.78, 5) is 85.5. The second kappa shape index (κ2) is 17.8. The van der Waals surface area contributed by atoms with Crippen molar-refractivity contribution >= 4 is 35.6 Å². The molecule has 4 aliphatic carbocycles. The van der Waals surface area contributed by atoms with Crippen LogP contribution in [0.3, 0.4) is 0 Å². The molecule has 11 atom stereocenters. The molecule has 4 N–H and O–H groups in total. The van der Waals surface area contributed by atoms with E-state index in [2.05, 4.69) is 5.32 Å². The molecule has 0 aromatic heterocycles. The molecule has 5 aliphatic rings. The van der Waals surface area contributed by atoms with Crippen LogP contribution in [0.5, 0.6) is 0 Å². The Kier molecular flexibility index (Phi) is 12.6. The maximum atomic E-state index is 15.7. The van der Waals surface area contributed by atoms with Gasteiger partial charge in [0.05, 0.1) is 41.6 Å². The lowest BCUT2D eigenvalue weighted by Crippen LogP contribution is -2.82. The summed E-state index contributed by atoms with van der Waals surface area (Å²) in [6.07, 6.45) is -7.72. The lowest BCUT2D eigenvalue weighted by Gasteiger charge is -2.67. The minimum absolute atomic E-state index is 0.0114. The van der Waals surface area contributed by atoms with Crippen LogP contribution in [0.15, 0.2) is 102 Å². The van der Waals surface area contributed by atoms with E-state index in [1.165, 1.54) is 19.1 Å². The van der Waals surface area contributed by atoms with Gasteiger partial charge in [0.25, 0.3) is 5.91 Å². The molecule has 15 heteroatoms. The van der Waals surface area contributed by atoms with Crippen molar-refractivity contribution in [2.24, 2.45) is 22.7 Å². The maximum absolute atomic E-state index is 15.7. The molecule has 3 aromatic rings. The minimum Gasteiger partial charge on any atom is -0.456 e. The van der Waals surface area contributed by atoms with Crippen molar-refractivity contribution in [2.75, 3.05) is 6.61 Å². The van der Waals surface area contributed by atoms with Crippen LogP contribution in [0, 0.1) is 22.7 Å². The summed E-state index contributed by atoms with van der Waals surface area (Å²) in [5.41, 5.74) is -6.96. The second-order valence-corrected chi connectivity index (χ2v) is 19.2. The van der Waals surface area contributed by atoms with Crippen molar-refractivity contribution in [3.05, 3.63) is 119 Å². The van der Waals surface area contributed by atoms with Gasteiger partial charge in [-0.25, -0.2) is 9.59 Å². The van der Waals surface area contributed by atoms with Crippen molar-refractivity contribution in [1.82, 2.24) is 5.32 Å². The highest BCUT2D eigenvalue weighted by Crippen LogP contribution is 2.64. The Bertz CT molecular complexity index is 2400. The number of ketones is 1. The number of rotatable bonds is 11. The Morgan fingerprint density at radius 2 is 1.42 bits per heavy atom. The van der Waals surface area contributed by atoms with Gasteiger partial charge >= 0.3 is 23.9 Å². The largest absolute Gasteiger partial charge is 0.456 e. The number of carbonyl (C=O) groups excluding carboxylic acids is 6. The Balaban J connectivity index is 1.28. The molecule has 2 unspecified atom stereocenters. The second-order valence-electron chi connectivity index (χ2n) is 19.2. The SMILES string of the molecule is CC(=O)O[C@H]1C(=O)[C@@]2(C)C([C@H](OC(=O)c3ccccc3)[C@]3(O)C[C@H](OC(=O)[C@H](O)C(NC(=O)c4ccccc4)c4ccccc4)C(C)=C1C3(C)C)[C@]1(OC(=O)C3CCCC3)CO[C@@H]1C[C@@H]2O. The van der Waals surface area contributed by atoms with Gasteiger partial charge in [-0.15, -0.1) is 0 Å². The van der Waals surface area contributed by atoms with Crippen LogP contribution in [-0.4, -0.2) is 105 Å². The molecule has 1 aliphatic heterocycles. The third-order valence-corrected chi connectivity index (χ3v) is 15.1. The molecule has 0 spiro atoms. The molecule has 3 saturated carbocycles. The van der Waals surface area contributed by atoms with Crippen LogP contribution in [0.4, 0.5) is 0 Å². The molecule has 15 nitrogen and oxygen atoms in total. The van der Waals surface area contributed by atoms with Crippen LogP contribution < -0.4 is 5.32 Å². The topological polar surface area (TPSA) is 221 Å². The number of carbonyl (C=O) groups is 6. The summed E-state index contributed by atoms with van der Waals surface area (Å²) in [5.74, 6) is -7.01. The monoisotopic (exact) mass is 907 g/mol. The van der Waals surface area contributed by atoms with Crippen LogP contribution in [0.2, 0.25) is 0 Å². The quantitative estimate of drug-likeness (QED) is 0.114. The van der Waals surface area contributed by atoms with Crippen molar-refractivity contribution < 1.29 is 67.8 Å². The smallest absolute Gasteiger partial charge is 0.338 e. The molecular formula is C51H57NO14. The Morgan fingerprint density at radius 3 is 2.00 bits per heavy atom. The lowest BCUT2D eigenvalue weighted by atomic mass is 9.44. The number of hydrogen-bond donors (Lipinski definition) is 4. The molecule has 1 heterocycles. The van der Waals surface area contributed by atoms with E-state index in [1.807, 2.05) is 0 Å². The van der Waals surface area contributed by atoms with Gasteiger partial charge in [-0.1, -0.05) is 93.4 Å². The number of fused-ring (bicyclic) bond motifs is 5. The summed E-state index contributed by atoms with van der Waals surface area (Å²) in [7, 11) is 0. The van der Waals surface area contributed by atoms with Crippen molar-refractivity contribution in [3.8, 4) is 0 Å². The van der Waals surface area contributed by atoms with Gasteiger partial charge in [-0.3, -0.25) is 19.2 Å². The highest BCUT2D eigenvalue weighted by molar-refractivity contribution is 5.96. The van der Waals surface area contributed by atoms with Gasteiger partial charge in [-0.05, 0) is 67.7 Å². The fourth-order valence-electron chi connectivity index (χ4n) is 11.3. The van der Waals surface area contributed by atoms with E-state index in [0.717, 1.165) is 19.8 Å². The lowest BCUT2D eigenvalue weighted by molar-refractivity contribution is -0.347. The Hall–Kier alpha value is -5.74. The predicted molar refractivity (Wildman–Crippen MR) is 234 cm³/mol. The molecule has 1 amide bonds. The average molecular weight is 908 g/mol. The van der Waals surface area contributed by atoms with E-state index >= 15 is 4.79 Å². The average Bonchev–Trinajstić information content (AvgIpc) is 3.85. The van der Waals surface area contributed by atoms with E-state index in [0.29, 0.717) is 18.4 Å². The number of esters is 4. The van der Waals surface area contributed by atoms with E-state index in [-0.39, 0.29) is 35.3 Å². The van der Waals surface area contributed by atoms with Gasteiger partial charge < -0.3 is 44.3 Å². The molecule has 66 heavy (non-hydrogen) atoms. The minimum atomic E-state index is -2.39. The third kappa shape index (κ3) is 7.82. The van der Waals surface area contributed by atoms with Crippen LogP contribution in [0.1, 0.15) is 105 Å². The van der Waals surface area contributed by atoms with Gasteiger partial charge in [0, 0.05) is 30.7 Å². The summed E-state index contributed by atoms with van der Waals surface area (Å²) in [6, 6.07) is 23.1. The summed E-state index contributed by atoms with van der Waals surface area (Å²) >= 11 is 0. The number of aliphatic hydroxyl groups is 3. The van der Waals surface area contributed by atoms with E-state index in [4.69, 9.17) is 23.7 Å². The van der Waals surface area contributed by atoms with Crippen molar-refractivity contribution in [3.63, 3.8) is 0 Å². The van der Waals surface area contributed by atoms with E-state index < -0.39 is 119 Å². The highest BCUT2D eigenvalue weighted by atomic mass is 16.6. The standard InChI is InChI=1S/C51H57NO14/c1-28-34(64-47(60)39(55)38(30-17-9-6-10-18-30)52-44(57)31-19-11-7-12-20-31)26-51(61)43(65-45(58)32-21-13-8-14-22-32)41-49(5,42(56)40(63-29(2)53)37(28)48(51,3)4)35(54)25-36-50(41,27-62-36)66-46(59)33-23-15-16-24-33/h6-14,17-22,33-36,38-41,43,54-55,61H,15-16,23-27H2,1-5H3,(H,52,57)/t34-,35-,36+,38?,39+,40+,41?,43-,49+,50-,51+/m0/s1.